The lowest BCUT2D eigenvalue weighted by Gasteiger charge is -2.18. The van der Waals surface area contributed by atoms with Crippen LogP contribution in [0.2, 0.25) is 0 Å². The Labute approximate surface area is 132 Å². The number of nitrogens with zero attached hydrogens (tertiary/aromatic N) is 1. The average molecular weight is 321 g/mol. The van der Waals surface area contributed by atoms with Gasteiger partial charge in [0.25, 0.3) is 5.91 Å². The van der Waals surface area contributed by atoms with E-state index in [1.54, 1.807) is 35.2 Å². The van der Waals surface area contributed by atoms with Crippen molar-refractivity contribution in [3.8, 4) is 5.75 Å². The lowest BCUT2D eigenvalue weighted by Crippen LogP contribution is -2.35. The highest BCUT2D eigenvalue weighted by Gasteiger charge is 2.34. The molecule has 0 bridgehead atoms. The fourth-order valence-electron chi connectivity index (χ4n) is 2.37. The second-order valence-electron chi connectivity index (χ2n) is 5.02. The maximum Gasteiger partial charge on any atom is 0.266 e. The summed E-state index contributed by atoms with van der Waals surface area (Å²) < 4.78 is 6.15. The van der Waals surface area contributed by atoms with Crippen molar-refractivity contribution >= 4 is 40.3 Å². The van der Waals surface area contributed by atoms with E-state index in [2.05, 4.69) is 0 Å². The van der Waals surface area contributed by atoms with Crippen LogP contribution in [0.25, 0.3) is 6.08 Å². The molecule has 0 unspecified atom stereocenters. The summed E-state index contributed by atoms with van der Waals surface area (Å²) in [6.07, 6.45) is 3.92. The molecule has 4 nitrogen and oxygen atoms in total. The van der Waals surface area contributed by atoms with E-state index in [9.17, 15) is 9.90 Å². The fourth-order valence-corrected chi connectivity index (χ4v) is 3.65. The Morgan fingerprint density at radius 1 is 1.43 bits per heavy atom. The first kappa shape index (κ1) is 14.6. The van der Waals surface area contributed by atoms with Gasteiger partial charge in [0.1, 0.15) is 10.1 Å². The summed E-state index contributed by atoms with van der Waals surface area (Å²) in [5.41, 5.74) is 0.866. The quantitative estimate of drug-likeness (QED) is 0.685. The Balaban J connectivity index is 1.74. The van der Waals surface area contributed by atoms with Crippen LogP contribution in [0.4, 0.5) is 0 Å². The maximum absolute atomic E-state index is 12.4. The zero-order chi connectivity index (χ0) is 14.8. The molecular formula is C15H15NO3S2. The maximum atomic E-state index is 12.4. The highest BCUT2D eigenvalue weighted by molar-refractivity contribution is 8.26. The first-order valence-electron chi connectivity index (χ1n) is 6.79. The van der Waals surface area contributed by atoms with E-state index < -0.39 is 0 Å². The number of phenols is 1. The summed E-state index contributed by atoms with van der Waals surface area (Å²) in [5, 5.41) is 9.28. The second-order valence-corrected chi connectivity index (χ2v) is 6.69. The number of carbonyl (C=O) groups excluding carboxylic acids is 1. The molecule has 1 amide bonds. The van der Waals surface area contributed by atoms with E-state index in [0.717, 1.165) is 25.0 Å². The lowest BCUT2D eigenvalue weighted by atomic mass is 10.2. The minimum absolute atomic E-state index is 0.0615. The van der Waals surface area contributed by atoms with Gasteiger partial charge in [-0.05, 0) is 36.6 Å². The molecule has 0 aromatic heterocycles. The third-order valence-corrected chi connectivity index (χ3v) is 4.85. The van der Waals surface area contributed by atoms with Crippen molar-refractivity contribution in [1.82, 2.24) is 4.90 Å². The standard InChI is InChI=1S/C15H15NO3S2/c17-11-5-3-10(4-6-11)8-13-14(18)16(15(20)21-13)9-12-2-1-7-19-12/h3-6,8,12,17H,1-2,7,9H2/b13-8-/t12-/m1/s1. The first-order chi connectivity index (χ1) is 10.1. The molecule has 2 aliphatic rings. The molecule has 2 aliphatic heterocycles. The normalized spacial score (nSPS) is 24.3. The lowest BCUT2D eigenvalue weighted by molar-refractivity contribution is -0.123. The monoisotopic (exact) mass is 321 g/mol. The van der Waals surface area contributed by atoms with Gasteiger partial charge in [-0.25, -0.2) is 0 Å². The number of hydrogen-bond donors (Lipinski definition) is 1. The van der Waals surface area contributed by atoms with Gasteiger partial charge in [-0.3, -0.25) is 9.69 Å². The molecule has 2 fully saturated rings. The number of aromatic hydroxyl groups is 1. The number of ether oxygens (including phenoxy) is 1. The van der Waals surface area contributed by atoms with Crippen LogP contribution < -0.4 is 0 Å². The van der Waals surface area contributed by atoms with Gasteiger partial charge >= 0.3 is 0 Å². The van der Waals surface area contributed by atoms with Crippen LogP contribution in [0.15, 0.2) is 29.2 Å². The molecule has 0 radical (unpaired) electrons. The van der Waals surface area contributed by atoms with Crippen molar-refractivity contribution in [2.24, 2.45) is 0 Å². The van der Waals surface area contributed by atoms with E-state index in [0.29, 0.717) is 15.8 Å². The summed E-state index contributed by atoms with van der Waals surface area (Å²) in [6, 6.07) is 6.72. The van der Waals surface area contributed by atoms with Gasteiger partial charge in [-0.2, -0.15) is 0 Å². The van der Waals surface area contributed by atoms with E-state index >= 15 is 0 Å². The molecule has 3 rings (SSSR count). The Hall–Kier alpha value is -1.37. The van der Waals surface area contributed by atoms with Crippen LogP contribution in [0.3, 0.4) is 0 Å². The molecule has 1 aromatic rings. The third kappa shape index (κ3) is 3.28. The molecule has 21 heavy (non-hydrogen) atoms. The SMILES string of the molecule is O=C1/C(=C/c2ccc(O)cc2)SC(=S)N1C[C@H]1CCCO1. The molecule has 0 spiro atoms. The molecule has 0 saturated carbocycles. The van der Waals surface area contributed by atoms with Crippen molar-refractivity contribution in [3.05, 3.63) is 34.7 Å². The number of amides is 1. The van der Waals surface area contributed by atoms with Gasteiger partial charge in [0.2, 0.25) is 0 Å². The topological polar surface area (TPSA) is 49.8 Å². The second kappa shape index (κ2) is 6.17. The highest BCUT2D eigenvalue weighted by Crippen LogP contribution is 2.33. The van der Waals surface area contributed by atoms with E-state index in [1.165, 1.54) is 11.8 Å². The average Bonchev–Trinajstić information content (AvgIpc) is 3.06. The van der Waals surface area contributed by atoms with Crippen LogP contribution in [0.5, 0.6) is 5.75 Å². The van der Waals surface area contributed by atoms with E-state index in [-0.39, 0.29) is 17.8 Å². The number of thioether (sulfide) groups is 1. The Bertz CT molecular complexity index is 591. The predicted octanol–water partition coefficient (Wildman–Crippen LogP) is 2.77. The smallest absolute Gasteiger partial charge is 0.266 e. The summed E-state index contributed by atoms with van der Waals surface area (Å²) >= 11 is 6.61. The van der Waals surface area contributed by atoms with E-state index in [1.807, 2.05) is 0 Å². The predicted molar refractivity (Wildman–Crippen MR) is 87.0 cm³/mol. The number of hydrogen-bond acceptors (Lipinski definition) is 5. The minimum Gasteiger partial charge on any atom is -0.508 e. The van der Waals surface area contributed by atoms with Crippen LogP contribution >= 0.6 is 24.0 Å². The van der Waals surface area contributed by atoms with Gasteiger partial charge < -0.3 is 9.84 Å². The first-order valence-corrected chi connectivity index (χ1v) is 8.02. The molecule has 0 aliphatic carbocycles. The number of benzene rings is 1. The summed E-state index contributed by atoms with van der Waals surface area (Å²) in [5.74, 6) is 0.145. The van der Waals surface area contributed by atoms with Crippen LogP contribution in [0.1, 0.15) is 18.4 Å². The summed E-state index contributed by atoms with van der Waals surface area (Å²) in [7, 11) is 0. The van der Waals surface area contributed by atoms with Gasteiger partial charge in [-0.1, -0.05) is 36.1 Å². The van der Waals surface area contributed by atoms with Crippen molar-refractivity contribution in [3.63, 3.8) is 0 Å². The van der Waals surface area contributed by atoms with Crippen LogP contribution in [0, 0.1) is 0 Å². The van der Waals surface area contributed by atoms with Crippen molar-refractivity contribution in [2.45, 2.75) is 18.9 Å². The van der Waals surface area contributed by atoms with Crippen molar-refractivity contribution < 1.29 is 14.6 Å². The molecule has 110 valence electrons. The third-order valence-electron chi connectivity index (χ3n) is 3.47. The Morgan fingerprint density at radius 3 is 2.86 bits per heavy atom. The summed E-state index contributed by atoms with van der Waals surface area (Å²) in [6.45, 7) is 1.31. The highest BCUT2D eigenvalue weighted by atomic mass is 32.2. The largest absolute Gasteiger partial charge is 0.508 e. The van der Waals surface area contributed by atoms with Gasteiger partial charge in [0.15, 0.2) is 0 Å². The van der Waals surface area contributed by atoms with Crippen molar-refractivity contribution in [2.75, 3.05) is 13.2 Å². The number of carbonyl (C=O) groups is 1. The summed E-state index contributed by atoms with van der Waals surface area (Å²) in [4.78, 5) is 14.7. The zero-order valence-electron chi connectivity index (χ0n) is 11.3. The van der Waals surface area contributed by atoms with E-state index in [4.69, 9.17) is 17.0 Å². The Kier molecular flexibility index (Phi) is 4.28. The number of rotatable bonds is 3. The number of phenolic OH excluding ortho intramolecular Hbond substituents is 1. The molecule has 2 saturated heterocycles. The minimum atomic E-state index is -0.0615. The van der Waals surface area contributed by atoms with Gasteiger partial charge in [0, 0.05) is 6.61 Å². The molecule has 1 atom stereocenters. The van der Waals surface area contributed by atoms with Gasteiger partial charge in [0.05, 0.1) is 17.6 Å². The van der Waals surface area contributed by atoms with Crippen LogP contribution in [-0.2, 0) is 9.53 Å². The zero-order valence-corrected chi connectivity index (χ0v) is 13.0. The molecule has 2 heterocycles. The molecular weight excluding hydrogens is 306 g/mol. The fraction of sp³-hybridized carbons (Fsp3) is 0.333. The molecule has 6 heteroatoms. The Morgan fingerprint density at radius 2 is 2.19 bits per heavy atom. The van der Waals surface area contributed by atoms with Crippen LogP contribution in [-0.4, -0.2) is 39.5 Å². The molecule has 1 aromatic carbocycles. The van der Waals surface area contributed by atoms with Gasteiger partial charge in [-0.15, -0.1) is 0 Å². The van der Waals surface area contributed by atoms with Crippen molar-refractivity contribution in [1.29, 1.82) is 0 Å². The number of thiocarbonyl (C=S) groups is 1. The molecule has 1 N–H and O–H groups in total.